The van der Waals surface area contributed by atoms with E-state index in [1.54, 1.807) is 18.2 Å². The van der Waals surface area contributed by atoms with E-state index < -0.39 is 0 Å². The molecule has 0 aliphatic heterocycles. The molecule has 3 N–H and O–H groups in total. The summed E-state index contributed by atoms with van der Waals surface area (Å²) < 4.78 is 13.4. The third-order valence-corrected chi connectivity index (χ3v) is 3.05. The lowest BCUT2D eigenvalue weighted by atomic mass is 10.1. The fourth-order valence-corrected chi connectivity index (χ4v) is 1.87. The maximum absolute atomic E-state index is 13.4. The van der Waals surface area contributed by atoms with Gasteiger partial charge in [0.05, 0.1) is 0 Å². The van der Waals surface area contributed by atoms with Crippen LogP contribution in [0, 0.1) is 5.82 Å². The van der Waals surface area contributed by atoms with Crippen molar-refractivity contribution in [2.45, 2.75) is 19.4 Å². The van der Waals surface area contributed by atoms with Crippen molar-refractivity contribution in [3.8, 4) is 0 Å². The highest BCUT2D eigenvalue weighted by molar-refractivity contribution is 5.76. The molecule has 0 radical (unpaired) electrons. The molecule has 20 heavy (non-hydrogen) atoms. The second kappa shape index (κ2) is 6.70. The van der Waals surface area contributed by atoms with Crippen LogP contribution in [0.25, 0.3) is 0 Å². The van der Waals surface area contributed by atoms with E-state index in [2.05, 4.69) is 5.32 Å². The number of nitrogens with one attached hydrogen (secondary N) is 1. The summed E-state index contributed by atoms with van der Waals surface area (Å²) in [6.07, 6.45) is 1.02. The molecule has 0 spiro atoms. The normalized spacial score (nSPS) is 10.2. The molecule has 2 rings (SSSR count). The summed E-state index contributed by atoms with van der Waals surface area (Å²) in [5.41, 5.74) is 7.85. The molecular formula is C16H17FN2O. The summed E-state index contributed by atoms with van der Waals surface area (Å²) in [6, 6.07) is 13.9. The lowest BCUT2D eigenvalue weighted by molar-refractivity contribution is -0.121. The van der Waals surface area contributed by atoms with Crippen molar-refractivity contribution in [1.82, 2.24) is 5.32 Å². The second-order valence-corrected chi connectivity index (χ2v) is 4.61. The Kier molecular flexibility index (Phi) is 4.71. The molecule has 0 atom stereocenters. The Morgan fingerprint density at radius 3 is 2.50 bits per heavy atom. The van der Waals surface area contributed by atoms with Gasteiger partial charge in [-0.25, -0.2) is 4.39 Å². The van der Waals surface area contributed by atoms with E-state index in [0.29, 0.717) is 24.1 Å². The summed E-state index contributed by atoms with van der Waals surface area (Å²) in [7, 11) is 0. The fourth-order valence-electron chi connectivity index (χ4n) is 1.87. The fraction of sp³-hybridized carbons (Fsp3) is 0.188. The summed E-state index contributed by atoms with van der Waals surface area (Å²) >= 11 is 0. The first kappa shape index (κ1) is 14.1. The van der Waals surface area contributed by atoms with Gasteiger partial charge in [-0.2, -0.15) is 0 Å². The Bertz CT molecular complexity index is 581. The van der Waals surface area contributed by atoms with Crippen molar-refractivity contribution in [3.63, 3.8) is 0 Å². The predicted octanol–water partition coefficient (Wildman–Crippen LogP) is 2.66. The Hall–Kier alpha value is -2.36. The zero-order chi connectivity index (χ0) is 14.4. The van der Waals surface area contributed by atoms with E-state index in [0.717, 1.165) is 5.56 Å². The highest BCUT2D eigenvalue weighted by atomic mass is 19.1. The van der Waals surface area contributed by atoms with Crippen LogP contribution in [0.15, 0.2) is 48.5 Å². The second-order valence-electron chi connectivity index (χ2n) is 4.61. The summed E-state index contributed by atoms with van der Waals surface area (Å²) in [4.78, 5) is 11.7. The van der Waals surface area contributed by atoms with Crippen LogP contribution in [0.3, 0.4) is 0 Å². The van der Waals surface area contributed by atoms with Gasteiger partial charge >= 0.3 is 0 Å². The zero-order valence-corrected chi connectivity index (χ0v) is 11.1. The van der Waals surface area contributed by atoms with E-state index >= 15 is 0 Å². The number of aryl methyl sites for hydroxylation is 1. The number of halogens is 1. The van der Waals surface area contributed by atoms with Crippen LogP contribution in [0.4, 0.5) is 10.1 Å². The van der Waals surface area contributed by atoms with Crippen molar-refractivity contribution in [1.29, 1.82) is 0 Å². The van der Waals surface area contributed by atoms with Crippen molar-refractivity contribution >= 4 is 11.6 Å². The smallest absolute Gasteiger partial charge is 0.220 e. The van der Waals surface area contributed by atoms with E-state index in [4.69, 9.17) is 5.73 Å². The number of nitrogen functional groups attached to an aromatic ring is 1. The van der Waals surface area contributed by atoms with E-state index in [9.17, 15) is 9.18 Å². The predicted molar refractivity (Wildman–Crippen MR) is 77.4 cm³/mol. The minimum Gasteiger partial charge on any atom is -0.399 e. The van der Waals surface area contributed by atoms with Crippen molar-refractivity contribution in [3.05, 3.63) is 65.5 Å². The molecule has 0 aliphatic carbocycles. The topological polar surface area (TPSA) is 55.1 Å². The molecular weight excluding hydrogens is 255 g/mol. The van der Waals surface area contributed by atoms with Gasteiger partial charge in [0.2, 0.25) is 5.91 Å². The zero-order valence-electron chi connectivity index (χ0n) is 11.1. The lowest BCUT2D eigenvalue weighted by Crippen LogP contribution is -2.23. The van der Waals surface area contributed by atoms with Crippen LogP contribution < -0.4 is 11.1 Å². The number of carbonyl (C=O) groups is 1. The van der Waals surface area contributed by atoms with Gasteiger partial charge in [-0.05, 0) is 30.2 Å². The van der Waals surface area contributed by atoms with E-state index in [1.807, 2.05) is 24.3 Å². The van der Waals surface area contributed by atoms with Crippen LogP contribution in [0.2, 0.25) is 0 Å². The van der Waals surface area contributed by atoms with Crippen LogP contribution in [0.5, 0.6) is 0 Å². The van der Waals surface area contributed by atoms with Crippen LogP contribution >= 0.6 is 0 Å². The average Bonchev–Trinajstić information content (AvgIpc) is 2.46. The number of hydrogen-bond donors (Lipinski definition) is 2. The molecule has 4 heteroatoms. The molecule has 0 aromatic heterocycles. The lowest BCUT2D eigenvalue weighted by Gasteiger charge is -2.06. The van der Waals surface area contributed by atoms with Crippen LogP contribution in [-0.4, -0.2) is 5.91 Å². The van der Waals surface area contributed by atoms with Gasteiger partial charge in [-0.3, -0.25) is 4.79 Å². The highest BCUT2D eigenvalue weighted by Crippen LogP contribution is 2.08. The number of rotatable bonds is 5. The van der Waals surface area contributed by atoms with E-state index in [-0.39, 0.29) is 18.3 Å². The third kappa shape index (κ3) is 4.09. The first-order chi connectivity index (χ1) is 9.65. The minimum absolute atomic E-state index is 0.0925. The summed E-state index contributed by atoms with van der Waals surface area (Å²) in [5.74, 6) is -0.392. The number of amides is 1. The molecule has 2 aromatic rings. The minimum atomic E-state index is -0.300. The molecule has 2 aromatic carbocycles. The van der Waals surface area contributed by atoms with Crippen LogP contribution in [0.1, 0.15) is 17.5 Å². The first-order valence-corrected chi connectivity index (χ1v) is 6.49. The van der Waals surface area contributed by atoms with Crippen LogP contribution in [-0.2, 0) is 17.8 Å². The average molecular weight is 272 g/mol. The van der Waals surface area contributed by atoms with Crippen molar-refractivity contribution < 1.29 is 9.18 Å². The van der Waals surface area contributed by atoms with Crippen molar-refractivity contribution in [2.75, 3.05) is 5.73 Å². The number of benzene rings is 2. The Morgan fingerprint density at radius 2 is 1.80 bits per heavy atom. The molecule has 0 saturated carbocycles. The number of hydrogen-bond acceptors (Lipinski definition) is 2. The van der Waals surface area contributed by atoms with Crippen molar-refractivity contribution in [2.24, 2.45) is 0 Å². The Labute approximate surface area is 117 Å². The number of nitrogens with two attached hydrogens (primary N) is 1. The van der Waals surface area contributed by atoms with Gasteiger partial charge in [0.1, 0.15) is 5.82 Å². The SMILES string of the molecule is Nc1ccc(CCC(=O)NCc2ccccc2F)cc1. The molecule has 0 heterocycles. The maximum atomic E-state index is 13.4. The molecule has 0 saturated heterocycles. The van der Waals surface area contributed by atoms with E-state index in [1.165, 1.54) is 6.07 Å². The van der Waals surface area contributed by atoms with Gasteiger partial charge < -0.3 is 11.1 Å². The summed E-state index contributed by atoms with van der Waals surface area (Å²) in [5, 5.41) is 2.72. The van der Waals surface area contributed by atoms with Gasteiger partial charge in [0.25, 0.3) is 0 Å². The molecule has 0 aliphatic rings. The third-order valence-electron chi connectivity index (χ3n) is 3.05. The summed E-state index contributed by atoms with van der Waals surface area (Å²) in [6.45, 7) is 0.216. The molecule has 0 unspecified atom stereocenters. The maximum Gasteiger partial charge on any atom is 0.220 e. The largest absolute Gasteiger partial charge is 0.399 e. The van der Waals surface area contributed by atoms with Gasteiger partial charge in [-0.1, -0.05) is 30.3 Å². The van der Waals surface area contributed by atoms with Gasteiger partial charge in [-0.15, -0.1) is 0 Å². The number of anilines is 1. The molecule has 104 valence electrons. The molecule has 0 bridgehead atoms. The Morgan fingerprint density at radius 1 is 1.10 bits per heavy atom. The monoisotopic (exact) mass is 272 g/mol. The highest BCUT2D eigenvalue weighted by Gasteiger charge is 2.05. The van der Waals surface area contributed by atoms with Gasteiger partial charge in [0.15, 0.2) is 0 Å². The standard InChI is InChI=1S/C16H17FN2O/c17-15-4-2-1-3-13(15)11-19-16(20)10-7-12-5-8-14(18)9-6-12/h1-6,8-9H,7,10-11,18H2,(H,19,20). The number of carbonyl (C=O) groups excluding carboxylic acids is 1. The first-order valence-electron chi connectivity index (χ1n) is 6.49. The Balaban J connectivity index is 1.78. The molecule has 3 nitrogen and oxygen atoms in total. The molecule has 0 fully saturated rings. The quantitative estimate of drug-likeness (QED) is 0.822. The molecule has 1 amide bonds. The van der Waals surface area contributed by atoms with Gasteiger partial charge in [0, 0.05) is 24.2 Å².